The number of carboxylic acid groups (broad SMARTS) is 1. The van der Waals surface area contributed by atoms with Gasteiger partial charge in [0.1, 0.15) is 0 Å². The monoisotopic (exact) mass is 312 g/mol. The largest absolute Gasteiger partial charge is 0.478 e. The number of aryl methyl sites for hydroxylation is 1. The number of carbonyl (C=O) groups excluding carboxylic acids is 1. The van der Waals surface area contributed by atoms with E-state index in [1.807, 2.05) is 0 Å². The third kappa shape index (κ3) is 3.33. The van der Waals surface area contributed by atoms with Gasteiger partial charge in [0.15, 0.2) is 9.84 Å². The standard InChI is InChI=1S/C13H16N2O5S/c1-9-2-3-10(12(16)17)8-11(9)21(19,20)7-6-15-5-4-14-13(15)18/h2-3,8H,4-7H2,1H3,(H,14,18)(H,16,17). The van der Waals surface area contributed by atoms with Crippen molar-refractivity contribution in [1.29, 1.82) is 0 Å². The van der Waals surface area contributed by atoms with Gasteiger partial charge < -0.3 is 15.3 Å². The normalized spacial score (nSPS) is 15.1. The van der Waals surface area contributed by atoms with E-state index < -0.39 is 15.8 Å². The fourth-order valence-electron chi connectivity index (χ4n) is 2.13. The van der Waals surface area contributed by atoms with Crippen LogP contribution in [0.3, 0.4) is 0 Å². The van der Waals surface area contributed by atoms with Crippen molar-refractivity contribution in [2.75, 3.05) is 25.4 Å². The van der Waals surface area contributed by atoms with E-state index in [4.69, 9.17) is 5.11 Å². The maximum atomic E-state index is 12.3. The molecule has 1 aromatic rings. The number of rotatable bonds is 5. The zero-order chi connectivity index (χ0) is 15.6. The van der Waals surface area contributed by atoms with E-state index in [0.717, 1.165) is 6.07 Å². The van der Waals surface area contributed by atoms with Crippen molar-refractivity contribution >= 4 is 21.8 Å². The third-order valence-electron chi connectivity index (χ3n) is 3.35. The number of benzene rings is 1. The van der Waals surface area contributed by atoms with Gasteiger partial charge >= 0.3 is 12.0 Å². The summed E-state index contributed by atoms with van der Waals surface area (Å²) in [5, 5.41) is 11.5. The topological polar surface area (TPSA) is 104 Å². The van der Waals surface area contributed by atoms with Gasteiger partial charge in [0.25, 0.3) is 0 Å². The summed E-state index contributed by atoms with van der Waals surface area (Å²) in [5.74, 6) is -1.41. The van der Waals surface area contributed by atoms with Crippen LogP contribution in [0.1, 0.15) is 15.9 Å². The lowest BCUT2D eigenvalue weighted by atomic mass is 10.1. The molecule has 1 aromatic carbocycles. The van der Waals surface area contributed by atoms with E-state index >= 15 is 0 Å². The molecule has 0 aliphatic carbocycles. The molecule has 1 heterocycles. The average Bonchev–Trinajstić information content (AvgIpc) is 2.82. The molecule has 1 aliphatic rings. The van der Waals surface area contributed by atoms with Crippen LogP contribution in [0.5, 0.6) is 0 Å². The molecule has 114 valence electrons. The molecule has 2 rings (SSSR count). The molecular formula is C13H16N2O5S. The molecule has 1 aliphatic heterocycles. The molecule has 8 heteroatoms. The molecule has 21 heavy (non-hydrogen) atoms. The maximum Gasteiger partial charge on any atom is 0.335 e. The lowest BCUT2D eigenvalue weighted by Gasteiger charge is -2.15. The second-order valence-corrected chi connectivity index (χ2v) is 6.90. The maximum absolute atomic E-state index is 12.3. The number of nitrogens with zero attached hydrogens (tertiary/aromatic N) is 1. The van der Waals surface area contributed by atoms with Crippen LogP contribution in [0.15, 0.2) is 23.1 Å². The Morgan fingerprint density at radius 3 is 2.71 bits per heavy atom. The molecule has 0 atom stereocenters. The van der Waals surface area contributed by atoms with E-state index in [0.29, 0.717) is 18.7 Å². The molecule has 2 N–H and O–H groups in total. The van der Waals surface area contributed by atoms with Gasteiger partial charge in [-0.3, -0.25) is 0 Å². The quantitative estimate of drug-likeness (QED) is 0.823. The van der Waals surface area contributed by atoms with Gasteiger partial charge in [-0.05, 0) is 24.6 Å². The summed E-state index contributed by atoms with van der Waals surface area (Å²) in [6.07, 6.45) is 0. The van der Waals surface area contributed by atoms with Crippen LogP contribution >= 0.6 is 0 Å². The molecule has 0 unspecified atom stereocenters. The number of hydrogen-bond donors (Lipinski definition) is 2. The van der Waals surface area contributed by atoms with Crippen LogP contribution in [0.25, 0.3) is 0 Å². The second-order valence-electron chi connectivity index (χ2n) is 4.82. The summed E-state index contributed by atoms with van der Waals surface area (Å²) >= 11 is 0. The molecule has 0 spiro atoms. The van der Waals surface area contributed by atoms with Gasteiger partial charge in [-0.1, -0.05) is 6.07 Å². The molecule has 1 fully saturated rings. The van der Waals surface area contributed by atoms with Gasteiger partial charge in [-0.2, -0.15) is 0 Å². The summed E-state index contributed by atoms with van der Waals surface area (Å²) in [4.78, 5) is 23.8. The SMILES string of the molecule is Cc1ccc(C(=O)O)cc1S(=O)(=O)CCN1CCNC1=O. The summed E-state index contributed by atoms with van der Waals surface area (Å²) in [6.45, 7) is 2.68. The van der Waals surface area contributed by atoms with Crippen LogP contribution in [-0.2, 0) is 9.84 Å². The first-order valence-electron chi connectivity index (χ1n) is 6.41. The van der Waals surface area contributed by atoms with E-state index in [2.05, 4.69) is 5.32 Å². The Kier molecular flexibility index (Phi) is 4.17. The van der Waals surface area contributed by atoms with E-state index in [-0.39, 0.29) is 28.8 Å². The van der Waals surface area contributed by atoms with Crippen LogP contribution in [0.4, 0.5) is 4.79 Å². The highest BCUT2D eigenvalue weighted by Gasteiger charge is 2.24. The lowest BCUT2D eigenvalue weighted by Crippen LogP contribution is -2.32. The predicted octanol–water partition coefficient (Wildman–Crippen LogP) is 0.492. The number of urea groups is 1. The van der Waals surface area contributed by atoms with Crippen LogP contribution in [0, 0.1) is 6.92 Å². The number of amides is 2. The van der Waals surface area contributed by atoms with Crippen LogP contribution in [-0.4, -0.2) is 55.8 Å². The van der Waals surface area contributed by atoms with Gasteiger partial charge in [-0.25, -0.2) is 18.0 Å². The van der Waals surface area contributed by atoms with Crippen LogP contribution in [0.2, 0.25) is 0 Å². The van der Waals surface area contributed by atoms with Crippen molar-refractivity contribution in [2.24, 2.45) is 0 Å². The number of sulfone groups is 1. The first-order valence-corrected chi connectivity index (χ1v) is 8.06. The first kappa shape index (κ1) is 15.3. The van der Waals surface area contributed by atoms with Crippen molar-refractivity contribution in [3.63, 3.8) is 0 Å². The Labute approximate surface area is 122 Å². The minimum absolute atomic E-state index is 0.00186. The zero-order valence-corrected chi connectivity index (χ0v) is 12.3. The molecule has 7 nitrogen and oxygen atoms in total. The van der Waals surface area contributed by atoms with Crippen molar-refractivity contribution in [3.05, 3.63) is 29.3 Å². The fourth-order valence-corrected chi connectivity index (χ4v) is 3.68. The second kappa shape index (κ2) is 5.72. The summed E-state index contributed by atoms with van der Waals surface area (Å²) in [5.41, 5.74) is 0.420. The molecule has 0 bridgehead atoms. The van der Waals surface area contributed by atoms with Crippen molar-refractivity contribution in [1.82, 2.24) is 10.2 Å². The molecule has 0 radical (unpaired) electrons. The van der Waals surface area contributed by atoms with E-state index in [9.17, 15) is 18.0 Å². The zero-order valence-electron chi connectivity index (χ0n) is 11.5. The van der Waals surface area contributed by atoms with Gasteiger partial charge in [-0.15, -0.1) is 0 Å². The number of aromatic carboxylic acids is 1. The molecule has 0 saturated carbocycles. The summed E-state index contributed by atoms with van der Waals surface area (Å²) in [6, 6.07) is 3.72. The van der Waals surface area contributed by atoms with Gasteiger partial charge in [0, 0.05) is 19.6 Å². The Balaban J connectivity index is 2.20. The highest BCUT2D eigenvalue weighted by Crippen LogP contribution is 2.19. The first-order chi connectivity index (χ1) is 9.81. The number of carbonyl (C=O) groups is 2. The summed E-state index contributed by atoms with van der Waals surface area (Å²) < 4.78 is 24.7. The Hall–Kier alpha value is -2.09. The van der Waals surface area contributed by atoms with Crippen molar-refractivity contribution in [3.8, 4) is 0 Å². The predicted molar refractivity (Wildman–Crippen MR) is 75.2 cm³/mol. The number of carboxylic acids is 1. The average molecular weight is 312 g/mol. The Bertz CT molecular complexity index is 684. The van der Waals surface area contributed by atoms with E-state index in [1.165, 1.54) is 17.0 Å². The fraction of sp³-hybridized carbons (Fsp3) is 0.385. The minimum Gasteiger partial charge on any atom is -0.478 e. The van der Waals surface area contributed by atoms with E-state index in [1.54, 1.807) is 6.92 Å². The van der Waals surface area contributed by atoms with Crippen LogP contribution < -0.4 is 5.32 Å². The third-order valence-corrected chi connectivity index (χ3v) is 5.18. The van der Waals surface area contributed by atoms with Crippen molar-refractivity contribution < 1.29 is 23.1 Å². The smallest absolute Gasteiger partial charge is 0.335 e. The number of hydrogen-bond acceptors (Lipinski definition) is 4. The lowest BCUT2D eigenvalue weighted by molar-refractivity contribution is 0.0696. The highest BCUT2D eigenvalue weighted by molar-refractivity contribution is 7.91. The van der Waals surface area contributed by atoms with Gasteiger partial charge in [0.2, 0.25) is 0 Å². The van der Waals surface area contributed by atoms with Gasteiger partial charge in [0.05, 0.1) is 16.2 Å². The summed E-state index contributed by atoms with van der Waals surface area (Å²) in [7, 11) is -3.64. The molecule has 1 saturated heterocycles. The Morgan fingerprint density at radius 2 is 2.14 bits per heavy atom. The highest BCUT2D eigenvalue weighted by atomic mass is 32.2. The number of nitrogens with one attached hydrogen (secondary N) is 1. The van der Waals surface area contributed by atoms with Crippen molar-refractivity contribution in [2.45, 2.75) is 11.8 Å². The molecular weight excluding hydrogens is 296 g/mol. The Morgan fingerprint density at radius 1 is 1.43 bits per heavy atom. The minimum atomic E-state index is -3.64. The molecule has 2 amide bonds. The molecule has 0 aromatic heterocycles.